The third-order valence-corrected chi connectivity index (χ3v) is 6.93. The summed E-state index contributed by atoms with van der Waals surface area (Å²) in [4.78, 5) is 28.9. The van der Waals surface area contributed by atoms with Gasteiger partial charge in [-0.1, -0.05) is 67.4 Å². The highest BCUT2D eigenvalue weighted by atomic mass is 19.1. The number of nitrogens with zero attached hydrogens (tertiary/aromatic N) is 1. The van der Waals surface area contributed by atoms with Gasteiger partial charge in [0, 0.05) is 19.0 Å². The molecule has 5 nitrogen and oxygen atoms in total. The smallest absolute Gasteiger partial charge is 0.261 e. The van der Waals surface area contributed by atoms with E-state index in [4.69, 9.17) is 4.74 Å². The third kappa shape index (κ3) is 7.42. The molecule has 0 radical (unpaired) electrons. The minimum atomic E-state index is -0.734. The number of aryl methyl sites for hydroxylation is 2. The molecule has 0 aliphatic heterocycles. The van der Waals surface area contributed by atoms with Crippen LogP contribution in [-0.2, 0) is 22.6 Å². The zero-order valence-electron chi connectivity index (χ0n) is 21.6. The maximum absolute atomic E-state index is 13.7. The molecule has 1 N–H and O–H groups in total. The number of benzene rings is 3. The van der Waals surface area contributed by atoms with Gasteiger partial charge in [0.1, 0.15) is 17.6 Å². The molecule has 1 fully saturated rings. The van der Waals surface area contributed by atoms with Crippen molar-refractivity contribution in [1.29, 1.82) is 0 Å². The van der Waals surface area contributed by atoms with E-state index in [2.05, 4.69) is 5.32 Å². The zero-order valence-corrected chi connectivity index (χ0v) is 21.6. The number of ether oxygens (including phenoxy) is 1. The first-order valence-electron chi connectivity index (χ1n) is 13.0. The summed E-state index contributed by atoms with van der Waals surface area (Å²) in [6.45, 7) is 3.87. The van der Waals surface area contributed by atoms with Gasteiger partial charge >= 0.3 is 0 Å². The summed E-state index contributed by atoms with van der Waals surface area (Å²) >= 11 is 0. The molecule has 0 unspecified atom stereocenters. The molecule has 1 saturated carbocycles. The molecule has 6 heteroatoms. The van der Waals surface area contributed by atoms with E-state index in [0.29, 0.717) is 12.2 Å². The molecule has 0 bridgehead atoms. The molecule has 0 saturated heterocycles. The molecule has 4 rings (SSSR count). The van der Waals surface area contributed by atoms with E-state index in [1.807, 2.05) is 62.4 Å². The van der Waals surface area contributed by atoms with Crippen molar-refractivity contribution in [3.8, 4) is 5.75 Å². The van der Waals surface area contributed by atoms with Crippen molar-refractivity contribution >= 4 is 11.8 Å². The van der Waals surface area contributed by atoms with Crippen LogP contribution in [0.25, 0.3) is 0 Å². The number of rotatable bonds is 10. The SMILES string of the molecule is Cc1ccc(C)c(OCC(=O)N(Cc2ccc(F)cc2)[C@H](Cc2ccccc2)C(=O)NC2CCCC2)c1. The Bertz CT molecular complexity index is 1190. The van der Waals surface area contributed by atoms with Gasteiger partial charge in [0.25, 0.3) is 5.91 Å². The van der Waals surface area contributed by atoms with Crippen molar-refractivity contribution in [3.05, 3.63) is 101 Å². The van der Waals surface area contributed by atoms with Gasteiger partial charge in [-0.25, -0.2) is 4.39 Å². The van der Waals surface area contributed by atoms with Crippen molar-refractivity contribution in [3.63, 3.8) is 0 Å². The highest BCUT2D eigenvalue weighted by Crippen LogP contribution is 2.22. The zero-order chi connectivity index (χ0) is 26.2. The molecule has 3 aromatic rings. The van der Waals surface area contributed by atoms with E-state index < -0.39 is 6.04 Å². The average molecular weight is 503 g/mol. The lowest BCUT2D eigenvalue weighted by Gasteiger charge is -2.32. The van der Waals surface area contributed by atoms with Crippen LogP contribution in [0, 0.1) is 19.7 Å². The summed E-state index contributed by atoms with van der Waals surface area (Å²) in [5, 5.41) is 3.19. The van der Waals surface area contributed by atoms with Crippen molar-refractivity contribution in [1.82, 2.24) is 10.2 Å². The fourth-order valence-electron chi connectivity index (χ4n) is 4.79. The fraction of sp³-hybridized carbons (Fsp3) is 0.355. The predicted octanol–water partition coefficient (Wildman–Crippen LogP) is 5.52. The summed E-state index contributed by atoms with van der Waals surface area (Å²) in [6.07, 6.45) is 4.46. The van der Waals surface area contributed by atoms with E-state index in [1.165, 1.54) is 12.1 Å². The topological polar surface area (TPSA) is 58.6 Å². The van der Waals surface area contributed by atoms with Gasteiger partial charge in [-0.15, -0.1) is 0 Å². The third-order valence-electron chi connectivity index (χ3n) is 6.93. The number of nitrogens with one attached hydrogen (secondary N) is 1. The van der Waals surface area contributed by atoms with Crippen molar-refractivity contribution in [2.24, 2.45) is 0 Å². The summed E-state index contributed by atoms with van der Waals surface area (Å²) in [5.74, 6) is -0.171. The highest BCUT2D eigenvalue weighted by Gasteiger charge is 2.32. The molecule has 37 heavy (non-hydrogen) atoms. The number of hydrogen-bond acceptors (Lipinski definition) is 3. The Morgan fingerprint density at radius 2 is 1.68 bits per heavy atom. The molecule has 0 spiro atoms. The van der Waals surface area contributed by atoms with E-state index in [0.717, 1.165) is 47.9 Å². The maximum atomic E-state index is 13.7. The van der Waals surface area contributed by atoms with Crippen molar-refractivity contribution < 1.29 is 18.7 Å². The van der Waals surface area contributed by atoms with Gasteiger partial charge in [0.05, 0.1) is 0 Å². The van der Waals surface area contributed by atoms with E-state index in [-0.39, 0.29) is 36.8 Å². The number of amides is 2. The Labute approximate surface area is 218 Å². The van der Waals surface area contributed by atoms with Crippen molar-refractivity contribution in [2.45, 2.75) is 64.6 Å². The molecule has 1 aliphatic rings. The first-order valence-corrected chi connectivity index (χ1v) is 13.0. The normalized spacial score (nSPS) is 14.2. The number of halogens is 1. The minimum absolute atomic E-state index is 0.125. The lowest BCUT2D eigenvalue weighted by Crippen LogP contribution is -2.53. The van der Waals surface area contributed by atoms with Gasteiger partial charge in [0.2, 0.25) is 5.91 Å². The highest BCUT2D eigenvalue weighted by molar-refractivity contribution is 5.88. The standard InChI is InChI=1S/C31H35FN2O3/c1-22-12-13-23(2)29(18-22)37-21-30(35)34(20-25-14-16-26(32)17-15-25)28(19-24-8-4-3-5-9-24)31(36)33-27-10-6-7-11-27/h3-5,8-9,12-18,27-28H,6-7,10-11,19-21H2,1-2H3,(H,33,36)/t28-/m1/s1. The van der Waals surface area contributed by atoms with Crippen LogP contribution in [0.5, 0.6) is 5.75 Å². The quantitative estimate of drug-likeness (QED) is 0.397. The van der Waals surface area contributed by atoms with E-state index in [9.17, 15) is 14.0 Å². The van der Waals surface area contributed by atoms with Crippen LogP contribution >= 0.6 is 0 Å². The van der Waals surface area contributed by atoms with Crippen molar-refractivity contribution in [2.75, 3.05) is 6.61 Å². The number of carbonyl (C=O) groups excluding carboxylic acids is 2. The van der Waals surface area contributed by atoms with Gasteiger partial charge in [-0.05, 0) is 67.1 Å². The Hall–Kier alpha value is -3.67. The van der Waals surface area contributed by atoms with Gasteiger partial charge in [-0.3, -0.25) is 9.59 Å². The second-order valence-electron chi connectivity index (χ2n) is 9.90. The Morgan fingerprint density at radius 3 is 2.38 bits per heavy atom. The molecular weight excluding hydrogens is 467 g/mol. The largest absolute Gasteiger partial charge is 0.483 e. The minimum Gasteiger partial charge on any atom is -0.483 e. The first-order chi connectivity index (χ1) is 17.9. The second-order valence-corrected chi connectivity index (χ2v) is 9.90. The van der Waals surface area contributed by atoms with Crippen LogP contribution < -0.4 is 10.1 Å². The van der Waals surface area contributed by atoms with Crippen LogP contribution in [0.1, 0.15) is 47.9 Å². The van der Waals surface area contributed by atoms with Crippen LogP contribution in [0.4, 0.5) is 4.39 Å². The molecule has 3 aromatic carbocycles. The predicted molar refractivity (Wildman–Crippen MR) is 143 cm³/mol. The molecule has 194 valence electrons. The summed E-state index contributed by atoms with van der Waals surface area (Å²) in [7, 11) is 0. The molecule has 2 amide bonds. The summed E-state index contributed by atoms with van der Waals surface area (Å²) < 4.78 is 19.5. The van der Waals surface area contributed by atoms with E-state index in [1.54, 1.807) is 17.0 Å². The van der Waals surface area contributed by atoms with Gasteiger partial charge < -0.3 is 15.0 Å². The van der Waals surface area contributed by atoms with Crippen LogP contribution in [0.3, 0.4) is 0 Å². The lowest BCUT2D eigenvalue weighted by molar-refractivity contribution is -0.143. The van der Waals surface area contributed by atoms with E-state index >= 15 is 0 Å². The monoisotopic (exact) mass is 502 g/mol. The van der Waals surface area contributed by atoms with Gasteiger partial charge in [-0.2, -0.15) is 0 Å². The van der Waals surface area contributed by atoms with Crippen LogP contribution in [0.2, 0.25) is 0 Å². The Morgan fingerprint density at radius 1 is 0.973 bits per heavy atom. The molecule has 1 atom stereocenters. The Balaban J connectivity index is 1.62. The first kappa shape index (κ1) is 26.4. The molecule has 0 aromatic heterocycles. The molecule has 1 aliphatic carbocycles. The van der Waals surface area contributed by atoms with Gasteiger partial charge in [0.15, 0.2) is 6.61 Å². The second kappa shape index (κ2) is 12.5. The summed E-state index contributed by atoms with van der Waals surface area (Å²) in [6, 6.07) is 21.0. The summed E-state index contributed by atoms with van der Waals surface area (Å²) in [5.41, 5.74) is 3.67. The lowest BCUT2D eigenvalue weighted by atomic mass is 10.0. The number of carbonyl (C=O) groups is 2. The van der Waals surface area contributed by atoms with Crippen LogP contribution in [0.15, 0.2) is 72.8 Å². The molecule has 0 heterocycles. The maximum Gasteiger partial charge on any atom is 0.261 e. The Kier molecular flexibility index (Phi) is 8.94. The molecular formula is C31H35FN2O3. The average Bonchev–Trinajstić information content (AvgIpc) is 3.41. The number of hydrogen-bond donors (Lipinski definition) is 1. The fourth-order valence-corrected chi connectivity index (χ4v) is 4.79. The van der Waals surface area contributed by atoms with Crippen LogP contribution in [-0.4, -0.2) is 35.4 Å².